The number of nitrogens with one attached hydrogen (secondary N) is 1. The van der Waals surface area contributed by atoms with E-state index in [-0.39, 0.29) is 16.1 Å². The minimum absolute atomic E-state index is 0.0125. The van der Waals surface area contributed by atoms with Crippen LogP contribution in [0.25, 0.3) is 0 Å². The fourth-order valence-electron chi connectivity index (χ4n) is 2.51. The Morgan fingerprint density at radius 3 is 2.59 bits per heavy atom. The van der Waals surface area contributed by atoms with Crippen molar-refractivity contribution < 1.29 is 4.92 Å². The molecule has 4 nitrogen and oxygen atoms in total. The van der Waals surface area contributed by atoms with Gasteiger partial charge in [-0.25, -0.2) is 0 Å². The summed E-state index contributed by atoms with van der Waals surface area (Å²) in [5, 5.41) is 14.3. The number of aryl methyl sites for hydroxylation is 1. The first-order valence-corrected chi connectivity index (χ1v) is 6.03. The van der Waals surface area contributed by atoms with Crippen molar-refractivity contribution in [3.8, 4) is 0 Å². The molecule has 1 saturated carbocycles. The molecule has 0 spiro atoms. The van der Waals surface area contributed by atoms with Crippen molar-refractivity contribution in [1.82, 2.24) is 0 Å². The van der Waals surface area contributed by atoms with E-state index < -0.39 is 0 Å². The maximum atomic E-state index is 11.0. The van der Waals surface area contributed by atoms with Crippen molar-refractivity contribution >= 4 is 11.4 Å². The number of anilines is 1. The number of nitrogens with zero attached hydrogens (tertiary/aromatic N) is 1. The van der Waals surface area contributed by atoms with Gasteiger partial charge in [0.2, 0.25) is 0 Å². The van der Waals surface area contributed by atoms with Gasteiger partial charge in [0.1, 0.15) is 5.69 Å². The molecule has 0 bridgehead atoms. The molecular weight excluding hydrogens is 216 g/mol. The highest BCUT2D eigenvalue weighted by molar-refractivity contribution is 5.63. The van der Waals surface area contributed by atoms with Crippen LogP contribution in [0.15, 0.2) is 18.2 Å². The summed E-state index contributed by atoms with van der Waals surface area (Å²) in [6, 6.07) is 5.22. The zero-order valence-corrected chi connectivity index (χ0v) is 10.3. The number of hydrogen-bond acceptors (Lipinski definition) is 3. The van der Waals surface area contributed by atoms with E-state index in [4.69, 9.17) is 0 Å². The second kappa shape index (κ2) is 4.35. The van der Waals surface area contributed by atoms with Crippen LogP contribution in [0, 0.1) is 17.0 Å². The molecule has 2 rings (SSSR count). The van der Waals surface area contributed by atoms with E-state index in [1.807, 2.05) is 13.0 Å². The molecule has 0 radical (unpaired) electrons. The van der Waals surface area contributed by atoms with Crippen molar-refractivity contribution in [2.24, 2.45) is 0 Å². The van der Waals surface area contributed by atoms with Crippen LogP contribution in [-0.2, 0) is 0 Å². The monoisotopic (exact) mass is 234 g/mol. The number of rotatable bonds is 3. The number of benzene rings is 1. The lowest BCUT2D eigenvalue weighted by Gasteiger charge is -2.26. The lowest BCUT2D eigenvalue weighted by Crippen LogP contribution is -2.31. The van der Waals surface area contributed by atoms with E-state index in [0.717, 1.165) is 18.4 Å². The first-order valence-electron chi connectivity index (χ1n) is 6.03. The fourth-order valence-corrected chi connectivity index (χ4v) is 2.51. The predicted octanol–water partition coefficient (Wildman–Crippen LogP) is 3.65. The maximum absolute atomic E-state index is 11.0. The van der Waals surface area contributed by atoms with Gasteiger partial charge in [0, 0.05) is 11.6 Å². The average molecular weight is 234 g/mol. The van der Waals surface area contributed by atoms with Crippen LogP contribution < -0.4 is 5.32 Å². The van der Waals surface area contributed by atoms with E-state index in [9.17, 15) is 10.1 Å². The summed E-state index contributed by atoms with van der Waals surface area (Å²) in [6.07, 6.45) is 4.56. The van der Waals surface area contributed by atoms with Gasteiger partial charge in [-0.1, -0.05) is 18.9 Å². The highest BCUT2D eigenvalue weighted by Crippen LogP contribution is 2.35. The molecule has 0 atom stereocenters. The van der Waals surface area contributed by atoms with E-state index in [1.165, 1.54) is 12.8 Å². The molecule has 17 heavy (non-hydrogen) atoms. The van der Waals surface area contributed by atoms with Gasteiger partial charge in [-0.15, -0.1) is 0 Å². The van der Waals surface area contributed by atoms with Crippen molar-refractivity contribution in [3.05, 3.63) is 33.9 Å². The van der Waals surface area contributed by atoms with Gasteiger partial charge in [-0.3, -0.25) is 10.1 Å². The third-order valence-electron chi connectivity index (χ3n) is 3.49. The summed E-state index contributed by atoms with van der Waals surface area (Å²) < 4.78 is 0. The van der Waals surface area contributed by atoms with Gasteiger partial charge >= 0.3 is 0 Å². The van der Waals surface area contributed by atoms with E-state index in [1.54, 1.807) is 12.1 Å². The Hall–Kier alpha value is -1.58. The Bertz CT molecular complexity index is 437. The third-order valence-corrected chi connectivity index (χ3v) is 3.49. The summed E-state index contributed by atoms with van der Waals surface area (Å²) in [5.74, 6) is 0. The molecule has 1 N–H and O–H groups in total. The molecule has 1 fully saturated rings. The van der Waals surface area contributed by atoms with E-state index in [2.05, 4.69) is 12.2 Å². The van der Waals surface area contributed by atoms with Gasteiger partial charge in [-0.05, 0) is 38.3 Å². The first kappa shape index (κ1) is 11.9. The van der Waals surface area contributed by atoms with Crippen LogP contribution in [0.4, 0.5) is 11.4 Å². The van der Waals surface area contributed by atoms with Crippen LogP contribution in [0.3, 0.4) is 0 Å². The molecule has 0 heterocycles. The third kappa shape index (κ3) is 2.57. The molecule has 1 aromatic rings. The molecule has 0 saturated heterocycles. The smallest absolute Gasteiger partial charge is 0.292 e. The highest BCUT2D eigenvalue weighted by atomic mass is 16.6. The minimum atomic E-state index is -0.319. The van der Waals surface area contributed by atoms with E-state index >= 15 is 0 Å². The topological polar surface area (TPSA) is 55.2 Å². The zero-order chi connectivity index (χ0) is 12.5. The van der Waals surface area contributed by atoms with E-state index in [0.29, 0.717) is 5.69 Å². The van der Waals surface area contributed by atoms with Crippen LogP contribution in [0.2, 0.25) is 0 Å². The second-order valence-corrected chi connectivity index (χ2v) is 5.17. The lowest BCUT2D eigenvalue weighted by atomic mass is 9.99. The van der Waals surface area contributed by atoms with Gasteiger partial charge in [-0.2, -0.15) is 0 Å². The standard InChI is InChI=1S/C13H18N2O2/c1-10-5-6-12(15(16)17)11(9-10)14-13(2)7-3-4-8-13/h5-6,9,14H,3-4,7-8H2,1-2H3. The normalized spacial score (nSPS) is 18.0. The molecule has 1 aromatic carbocycles. The lowest BCUT2D eigenvalue weighted by molar-refractivity contribution is -0.384. The first-order chi connectivity index (χ1) is 8.00. The van der Waals surface area contributed by atoms with Crippen LogP contribution in [-0.4, -0.2) is 10.5 Å². The van der Waals surface area contributed by atoms with Gasteiger partial charge in [0.25, 0.3) is 5.69 Å². The summed E-state index contributed by atoms with van der Waals surface area (Å²) in [7, 11) is 0. The molecule has 0 unspecified atom stereocenters. The molecule has 4 heteroatoms. The second-order valence-electron chi connectivity index (χ2n) is 5.17. The number of hydrogen-bond donors (Lipinski definition) is 1. The Kier molecular flexibility index (Phi) is 3.05. The summed E-state index contributed by atoms with van der Waals surface area (Å²) in [6.45, 7) is 4.10. The van der Waals surface area contributed by atoms with Gasteiger partial charge in [0.15, 0.2) is 0 Å². The SMILES string of the molecule is Cc1ccc([N+](=O)[O-])c(NC2(C)CCCC2)c1. The molecule has 0 amide bonds. The molecule has 92 valence electrons. The van der Waals surface area contributed by atoms with Crippen LogP contribution in [0.1, 0.15) is 38.2 Å². The van der Waals surface area contributed by atoms with Crippen molar-refractivity contribution in [2.45, 2.75) is 45.1 Å². The molecule has 1 aliphatic carbocycles. The summed E-state index contributed by atoms with van der Waals surface area (Å²) in [4.78, 5) is 10.7. The quantitative estimate of drug-likeness (QED) is 0.641. The maximum Gasteiger partial charge on any atom is 0.292 e. The molecule has 0 aromatic heterocycles. The van der Waals surface area contributed by atoms with Crippen molar-refractivity contribution in [3.63, 3.8) is 0 Å². The Balaban J connectivity index is 2.30. The van der Waals surface area contributed by atoms with Crippen molar-refractivity contribution in [1.29, 1.82) is 0 Å². The highest BCUT2D eigenvalue weighted by Gasteiger charge is 2.30. The Morgan fingerprint density at radius 2 is 2.00 bits per heavy atom. The molecule has 0 aliphatic heterocycles. The predicted molar refractivity (Wildman–Crippen MR) is 68.3 cm³/mol. The van der Waals surface area contributed by atoms with Gasteiger partial charge < -0.3 is 5.32 Å². The Labute approximate surface area is 101 Å². The molecule has 1 aliphatic rings. The van der Waals surface area contributed by atoms with Gasteiger partial charge in [0.05, 0.1) is 4.92 Å². The molecular formula is C13H18N2O2. The zero-order valence-electron chi connectivity index (χ0n) is 10.3. The minimum Gasteiger partial charge on any atom is -0.374 e. The summed E-state index contributed by atoms with van der Waals surface area (Å²) in [5.41, 5.74) is 1.88. The average Bonchev–Trinajstić information content (AvgIpc) is 2.64. The fraction of sp³-hybridized carbons (Fsp3) is 0.538. The largest absolute Gasteiger partial charge is 0.374 e. The summed E-state index contributed by atoms with van der Waals surface area (Å²) >= 11 is 0. The number of nitro groups is 1. The Morgan fingerprint density at radius 1 is 1.35 bits per heavy atom. The van der Waals surface area contributed by atoms with Crippen molar-refractivity contribution in [2.75, 3.05) is 5.32 Å². The van der Waals surface area contributed by atoms with Crippen LogP contribution in [0.5, 0.6) is 0 Å². The van der Waals surface area contributed by atoms with Crippen LogP contribution >= 0.6 is 0 Å². The number of nitro benzene ring substituents is 1.